The zero-order valence-corrected chi connectivity index (χ0v) is 12.7. The molecule has 0 saturated carbocycles. The van der Waals surface area contributed by atoms with Crippen LogP contribution in [0.25, 0.3) is 0 Å². The van der Waals surface area contributed by atoms with Crippen LogP contribution in [0, 0.1) is 0 Å². The molecule has 0 unspecified atom stereocenters. The first-order valence-electron chi connectivity index (χ1n) is 6.71. The van der Waals surface area contributed by atoms with Gasteiger partial charge < -0.3 is 19.4 Å². The summed E-state index contributed by atoms with van der Waals surface area (Å²) in [4.78, 5) is 2.34. The van der Waals surface area contributed by atoms with E-state index in [2.05, 4.69) is 50.4 Å². The van der Waals surface area contributed by atoms with Gasteiger partial charge >= 0.3 is 0 Å². The predicted octanol–water partition coefficient (Wildman–Crippen LogP) is 3.49. The molecule has 4 nitrogen and oxygen atoms in total. The highest BCUT2D eigenvalue weighted by Crippen LogP contribution is 2.21. The number of hydrogen-bond acceptors (Lipinski definition) is 4. The second-order valence-electron chi connectivity index (χ2n) is 4.69. The first kappa shape index (κ1) is 13.5. The van der Waals surface area contributed by atoms with E-state index < -0.39 is 0 Å². The quantitative estimate of drug-likeness (QED) is 0.927. The molecule has 1 aromatic carbocycles. The van der Waals surface area contributed by atoms with Crippen molar-refractivity contribution in [1.82, 2.24) is 0 Å². The third-order valence-electron chi connectivity index (χ3n) is 3.39. The van der Waals surface area contributed by atoms with Gasteiger partial charge in [0, 0.05) is 24.5 Å². The van der Waals surface area contributed by atoms with E-state index in [1.807, 2.05) is 6.07 Å². The van der Waals surface area contributed by atoms with Crippen LogP contribution in [0.5, 0.6) is 0 Å². The molecule has 106 valence electrons. The topological polar surface area (TPSA) is 37.6 Å². The minimum atomic E-state index is 0.671. The smallest absolute Gasteiger partial charge is 0.136 e. The number of furan rings is 1. The summed E-state index contributed by atoms with van der Waals surface area (Å²) >= 11 is 3.45. The summed E-state index contributed by atoms with van der Waals surface area (Å²) in [5.41, 5.74) is 2.34. The Hall–Kier alpha value is -1.46. The highest BCUT2D eigenvalue weighted by molar-refractivity contribution is 9.10. The SMILES string of the molecule is Brc1ccoc1CNc1ccc(N2CCOCC2)cc1. The Morgan fingerprint density at radius 3 is 2.50 bits per heavy atom. The number of anilines is 2. The molecule has 0 amide bonds. The highest BCUT2D eigenvalue weighted by atomic mass is 79.9. The minimum absolute atomic E-state index is 0.671. The van der Waals surface area contributed by atoms with E-state index in [1.165, 1.54) is 5.69 Å². The van der Waals surface area contributed by atoms with E-state index in [1.54, 1.807) is 6.26 Å². The summed E-state index contributed by atoms with van der Waals surface area (Å²) < 4.78 is 11.7. The molecule has 0 radical (unpaired) electrons. The monoisotopic (exact) mass is 336 g/mol. The van der Waals surface area contributed by atoms with Crippen LogP contribution in [-0.2, 0) is 11.3 Å². The predicted molar refractivity (Wildman–Crippen MR) is 83.2 cm³/mol. The fourth-order valence-corrected chi connectivity index (χ4v) is 2.59. The average Bonchev–Trinajstić information content (AvgIpc) is 2.92. The number of hydrogen-bond donors (Lipinski definition) is 1. The van der Waals surface area contributed by atoms with Gasteiger partial charge in [-0.25, -0.2) is 0 Å². The van der Waals surface area contributed by atoms with E-state index in [9.17, 15) is 0 Å². The van der Waals surface area contributed by atoms with Crippen LogP contribution in [-0.4, -0.2) is 26.3 Å². The van der Waals surface area contributed by atoms with Gasteiger partial charge in [0.1, 0.15) is 5.76 Å². The molecule has 5 heteroatoms. The van der Waals surface area contributed by atoms with Gasteiger partial charge in [0.05, 0.1) is 30.5 Å². The standard InChI is InChI=1S/C15H17BrN2O2/c16-14-5-8-20-15(14)11-17-12-1-3-13(4-2-12)18-6-9-19-10-7-18/h1-5,8,17H,6-7,9-11H2. The van der Waals surface area contributed by atoms with Gasteiger partial charge in [-0.05, 0) is 46.3 Å². The van der Waals surface area contributed by atoms with E-state index in [0.29, 0.717) is 6.54 Å². The number of benzene rings is 1. The Labute approximate surface area is 126 Å². The van der Waals surface area contributed by atoms with Crippen molar-refractivity contribution in [3.8, 4) is 0 Å². The normalized spacial score (nSPS) is 15.3. The maximum atomic E-state index is 5.37. The summed E-state index contributed by atoms with van der Waals surface area (Å²) in [7, 11) is 0. The number of rotatable bonds is 4. The van der Waals surface area contributed by atoms with E-state index in [-0.39, 0.29) is 0 Å². The summed E-state index contributed by atoms with van der Waals surface area (Å²) in [5.74, 6) is 0.905. The van der Waals surface area contributed by atoms with Gasteiger partial charge in [0.2, 0.25) is 0 Å². The maximum absolute atomic E-state index is 5.37. The molecule has 1 aliphatic heterocycles. The van der Waals surface area contributed by atoms with Gasteiger partial charge in [0.15, 0.2) is 0 Å². The largest absolute Gasteiger partial charge is 0.466 e. The molecule has 0 bridgehead atoms. The Morgan fingerprint density at radius 2 is 1.85 bits per heavy atom. The number of halogens is 1. The summed E-state index contributed by atoms with van der Waals surface area (Å²) in [6, 6.07) is 10.4. The van der Waals surface area contributed by atoms with Crippen molar-refractivity contribution in [3.63, 3.8) is 0 Å². The van der Waals surface area contributed by atoms with Gasteiger partial charge in [-0.2, -0.15) is 0 Å². The second kappa shape index (κ2) is 6.33. The van der Waals surface area contributed by atoms with Gasteiger partial charge in [-0.15, -0.1) is 0 Å². The molecule has 0 aliphatic carbocycles. The van der Waals surface area contributed by atoms with Gasteiger partial charge in [0.25, 0.3) is 0 Å². The van der Waals surface area contributed by atoms with Crippen LogP contribution in [0.15, 0.2) is 45.5 Å². The fraction of sp³-hybridized carbons (Fsp3) is 0.333. The molecular formula is C15H17BrN2O2. The molecule has 3 rings (SSSR count). The van der Waals surface area contributed by atoms with Crippen molar-refractivity contribution < 1.29 is 9.15 Å². The summed E-state index contributed by atoms with van der Waals surface area (Å²) in [6.45, 7) is 4.22. The molecule has 2 heterocycles. The zero-order chi connectivity index (χ0) is 13.8. The van der Waals surface area contributed by atoms with Crippen molar-refractivity contribution in [2.45, 2.75) is 6.54 Å². The van der Waals surface area contributed by atoms with Gasteiger partial charge in [-0.1, -0.05) is 0 Å². The van der Waals surface area contributed by atoms with Crippen LogP contribution >= 0.6 is 15.9 Å². The van der Waals surface area contributed by atoms with Crippen molar-refractivity contribution in [2.24, 2.45) is 0 Å². The average molecular weight is 337 g/mol. The number of nitrogens with zero attached hydrogens (tertiary/aromatic N) is 1. The molecule has 1 N–H and O–H groups in total. The molecule has 1 fully saturated rings. The second-order valence-corrected chi connectivity index (χ2v) is 5.55. The molecule has 0 atom stereocenters. The maximum Gasteiger partial charge on any atom is 0.136 e. The Bertz CT molecular complexity index is 547. The lowest BCUT2D eigenvalue weighted by atomic mass is 10.2. The highest BCUT2D eigenvalue weighted by Gasteiger charge is 2.10. The van der Waals surface area contributed by atoms with Crippen molar-refractivity contribution in [2.75, 3.05) is 36.5 Å². The number of morpholine rings is 1. The van der Waals surface area contributed by atoms with Crippen LogP contribution < -0.4 is 10.2 Å². The molecule has 20 heavy (non-hydrogen) atoms. The van der Waals surface area contributed by atoms with Crippen molar-refractivity contribution >= 4 is 27.3 Å². The van der Waals surface area contributed by atoms with Crippen molar-refractivity contribution in [1.29, 1.82) is 0 Å². The van der Waals surface area contributed by atoms with E-state index in [0.717, 1.165) is 42.2 Å². The molecule has 2 aromatic rings. The molecule has 1 saturated heterocycles. The Balaban J connectivity index is 1.59. The van der Waals surface area contributed by atoms with Crippen LogP contribution in [0.1, 0.15) is 5.76 Å². The minimum Gasteiger partial charge on any atom is -0.466 e. The third-order valence-corrected chi connectivity index (χ3v) is 4.09. The first-order chi connectivity index (χ1) is 9.83. The van der Waals surface area contributed by atoms with Crippen molar-refractivity contribution in [3.05, 3.63) is 46.8 Å². The molecule has 1 aromatic heterocycles. The fourth-order valence-electron chi connectivity index (χ4n) is 2.25. The lowest BCUT2D eigenvalue weighted by molar-refractivity contribution is 0.122. The molecule has 0 spiro atoms. The molecular weight excluding hydrogens is 320 g/mol. The van der Waals surface area contributed by atoms with E-state index in [4.69, 9.17) is 9.15 Å². The van der Waals surface area contributed by atoms with Crippen LogP contribution in [0.2, 0.25) is 0 Å². The lowest BCUT2D eigenvalue weighted by Crippen LogP contribution is -2.36. The third kappa shape index (κ3) is 3.16. The Morgan fingerprint density at radius 1 is 1.10 bits per heavy atom. The summed E-state index contributed by atoms with van der Waals surface area (Å²) in [6.07, 6.45) is 1.68. The first-order valence-corrected chi connectivity index (χ1v) is 7.51. The zero-order valence-electron chi connectivity index (χ0n) is 11.1. The number of nitrogens with one attached hydrogen (secondary N) is 1. The molecule has 1 aliphatic rings. The van der Waals surface area contributed by atoms with Crippen LogP contribution in [0.4, 0.5) is 11.4 Å². The van der Waals surface area contributed by atoms with Crippen LogP contribution in [0.3, 0.4) is 0 Å². The van der Waals surface area contributed by atoms with Gasteiger partial charge in [-0.3, -0.25) is 0 Å². The van der Waals surface area contributed by atoms with E-state index >= 15 is 0 Å². The number of ether oxygens (including phenoxy) is 1. The lowest BCUT2D eigenvalue weighted by Gasteiger charge is -2.28. The Kier molecular flexibility index (Phi) is 4.28. The summed E-state index contributed by atoms with van der Waals surface area (Å²) in [5, 5.41) is 3.35.